The normalized spacial score (nSPS) is 34.9. The highest BCUT2D eigenvalue weighted by molar-refractivity contribution is 5.40. The molecule has 2 saturated carbocycles. The first kappa shape index (κ1) is 25.2. The minimum Gasteiger partial charge on any atom is -0.393 e. The van der Waals surface area contributed by atoms with Crippen molar-refractivity contribution in [3.8, 4) is 0 Å². The predicted molar refractivity (Wildman–Crippen MR) is 132 cm³/mol. The number of halogens is 1. The summed E-state index contributed by atoms with van der Waals surface area (Å²) in [6.07, 6.45) is 16.8. The first-order valence-electron chi connectivity index (χ1n) is 12.6. The molecule has 0 aromatic heterocycles. The maximum atomic E-state index is 14.1. The van der Waals surface area contributed by atoms with E-state index in [4.69, 9.17) is 0 Å². The van der Waals surface area contributed by atoms with Gasteiger partial charge in [0.2, 0.25) is 0 Å². The maximum Gasteiger partial charge on any atom is 0.127 e. The third-order valence-corrected chi connectivity index (χ3v) is 8.51. The van der Waals surface area contributed by atoms with E-state index >= 15 is 0 Å². The Morgan fingerprint density at radius 3 is 2.72 bits per heavy atom. The van der Waals surface area contributed by atoms with E-state index in [9.17, 15) is 14.6 Å². The lowest BCUT2D eigenvalue weighted by atomic mass is 9.62. The average molecular weight is 443 g/mol. The van der Waals surface area contributed by atoms with Gasteiger partial charge in [0.05, 0.1) is 11.7 Å². The monoisotopic (exact) mass is 442 g/mol. The summed E-state index contributed by atoms with van der Waals surface area (Å²) in [6.45, 7) is 12.7. The van der Waals surface area contributed by atoms with Crippen LogP contribution >= 0.6 is 0 Å². The first-order valence-corrected chi connectivity index (χ1v) is 12.6. The third kappa shape index (κ3) is 5.20. The molecule has 3 heteroatoms. The minimum absolute atomic E-state index is 0.168. The zero-order valence-electron chi connectivity index (χ0n) is 20.5. The number of rotatable bonds is 7. The van der Waals surface area contributed by atoms with E-state index in [1.54, 1.807) is 5.57 Å². The molecule has 0 aliphatic heterocycles. The summed E-state index contributed by atoms with van der Waals surface area (Å²) in [4.78, 5) is 0. The van der Waals surface area contributed by atoms with E-state index in [1.807, 2.05) is 26.0 Å². The Kier molecular flexibility index (Phi) is 8.04. The van der Waals surface area contributed by atoms with Gasteiger partial charge in [-0.3, -0.25) is 0 Å². The lowest BCUT2D eigenvalue weighted by Gasteiger charge is -2.42. The highest BCUT2D eigenvalue weighted by Gasteiger charge is 2.45. The summed E-state index contributed by atoms with van der Waals surface area (Å²) in [5.41, 5.74) is 3.90. The Morgan fingerprint density at radius 2 is 2.03 bits per heavy atom. The second-order valence-corrected chi connectivity index (χ2v) is 10.6. The van der Waals surface area contributed by atoms with Crippen LogP contribution in [0.5, 0.6) is 0 Å². The fourth-order valence-corrected chi connectivity index (χ4v) is 6.15. The van der Waals surface area contributed by atoms with Crippen LogP contribution in [0.4, 0.5) is 4.39 Å². The summed E-state index contributed by atoms with van der Waals surface area (Å²) in [7, 11) is 0. The average Bonchev–Trinajstić information content (AvgIpc) is 3.12. The first-order chi connectivity index (χ1) is 15.1. The number of hydrogen-bond donors (Lipinski definition) is 2. The quantitative estimate of drug-likeness (QED) is 0.411. The summed E-state index contributed by atoms with van der Waals surface area (Å²) >= 11 is 0. The van der Waals surface area contributed by atoms with Crippen molar-refractivity contribution in [1.29, 1.82) is 0 Å². The molecule has 3 rings (SSSR count). The molecule has 3 aliphatic rings. The highest BCUT2D eigenvalue weighted by atomic mass is 19.1. The number of aliphatic hydroxyl groups is 2. The SMILES string of the molecule is C=C1/C(=C/C=C2/CCCC3(C)C(C(C)C/C=C/C(O)(CC)CC)=CCC23)CC(O)CC1F. The number of hydrogen-bond acceptors (Lipinski definition) is 2. The second-order valence-electron chi connectivity index (χ2n) is 10.6. The van der Waals surface area contributed by atoms with Crippen molar-refractivity contribution in [2.75, 3.05) is 0 Å². The van der Waals surface area contributed by atoms with Crippen LogP contribution < -0.4 is 0 Å². The fraction of sp³-hybridized carbons (Fsp3) is 0.655. The third-order valence-electron chi connectivity index (χ3n) is 8.51. The van der Waals surface area contributed by atoms with E-state index in [-0.39, 0.29) is 11.8 Å². The molecule has 0 heterocycles. The molecule has 0 saturated heterocycles. The van der Waals surface area contributed by atoms with Gasteiger partial charge in [0.25, 0.3) is 0 Å². The minimum atomic E-state index is -1.13. The Morgan fingerprint density at radius 1 is 1.31 bits per heavy atom. The highest BCUT2D eigenvalue weighted by Crippen LogP contribution is 2.57. The molecule has 0 radical (unpaired) electrons. The summed E-state index contributed by atoms with van der Waals surface area (Å²) in [5.74, 6) is 0.957. The molecule has 32 heavy (non-hydrogen) atoms. The molecule has 5 unspecified atom stereocenters. The van der Waals surface area contributed by atoms with Gasteiger partial charge < -0.3 is 10.2 Å². The van der Waals surface area contributed by atoms with Crippen molar-refractivity contribution >= 4 is 0 Å². The van der Waals surface area contributed by atoms with Crippen LogP contribution in [-0.2, 0) is 0 Å². The van der Waals surface area contributed by atoms with Crippen LogP contribution in [0.1, 0.15) is 85.5 Å². The summed E-state index contributed by atoms with van der Waals surface area (Å²) < 4.78 is 14.1. The van der Waals surface area contributed by atoms with Gasteiger partial charge in [0, 0.05) is 6.42 Å². The molecule has 5 atom stereocenters. The summed E-state index contributed by atoms with van der Waals surface area (Å²) in [6, 6.07) is 0. The molecule has 2 nitrogen and oxygen atoms in total. The predicted octanol–water partition coefficient (Wildman–Crippen LogP) is 7.16. The van der Waals surface area contributed by atoms with Crippen molar-refractivity contribution in [2.24, 2.45) is 17.3 Å². The van der Waals surface area contributed by atoms with E-state index in [1.165, 1.54) is 18.4 Å². The molecular formula is C29H43FO2. The van der Waals surface area contributed by atoms with Gasteiger partial charge in [-0.1, -0.05) is 75.8 Å². The zero-order valence-corrected chi connectivity index (χ0v) is 20.5. The Bertz CT molecular complexity index is 813. The number of aliphatic hydroxyl groups excluding tert-OH is 1. The van der Waals surface area contributed by atoms with Crippen LogP contribution in [-0.4, -0.2) is 28.1 Å². The second kappa shape index (κ2) is 10.2. The standard InChI is InChI=1S/C29H43FO2/c1-6-29(32,7-2)17-8-10-20(3)25-14-15-26-22(11-9-16-28(25,26)5)12-13-23-18-24(31)19-27(30)21(23)4/h8,12-14,17,20,24,26-27,31-32H,4,6-7,9-11,15-16,18-19H2,1-3,5H3/b17-8+,22-12-,23-13+. The van der Waals surface area contributed by atoms with E-state index in [2.05, 4.69) is 38.7 Å². The van der Waals surface area contributed by atoms with Gasteiger partial charge in [-0.15, -0.1) is 0 Å². The number of allylic oxidation sites excluding steroid dienone is 7. The zero-order chi connectivity index (χ0) is 23.5. The Labute approximate surface area is 194 Å². The van der Waals surface area contributed by atoms with Gasteiger partial charge in [0.15, 0.2) is 0 Å². The lowest BCUT2D eigenvalue weighted by molar-refractivity contribution is 0.0824. The van der Waals surface area contributed by atoms with Gasteiger partial charge in [-0.05, 0) is 79.8 Å². The van der Waals surface area contributed by atoms with Gasteiger partial charge in [-0.2, -0.15) is 0 Å². The van der Waals surface area contributed by atoms with E-state index in [0.717, 1.165) is 37.7 Å². The van der Waals surface area contributed by atoms with Crippen LogP contribution in [0.15, 0.2) is 59.3 Å². The molecule has 2 fully saturated rings. The Balaban J connectivity index is 1.73. The number of fused-ring (bicyclic) bond motifs is 1. The molecule has 0 aromatic carbocycles. The van der Waals surface area contributed by atoms with E-state index in [0.29, 0.717) is 23.8 Å². The van der Waals surface area contributed by atoms with Gasteiger partial charge in [-0.25, -0.2) is 4.39 Å². The van der Waals surface area contributed by atoms with Crippen molar-refractivity contribution in [3.05, 3.63) is 59.3 Å². The van der Waals surface area contributed by atoms with Gasteiger partial charge in [0.1, 0.15) is 6.17 Å². The molecular weight excluding hydrogens is 399 g/mol. The molecule has 0 amide bonds. The van der Waals surface area contributed by atoms with Crippen LogP contribution in [0.25, 0.3) is 0 Å². The molecule has 0 spiro atoms. The van der Waals surface area contributed by atoms with Crippen molar-refractivity contribution in [2.45, 2.75) is 103 Å². The molecule has 3 aliphatic carbocycles. The van der Waals surface area contributed by atoms with Crippen molar-refractivity contribution < 1.29 is 14.6 Å². The lowest BCUT2D eigenvalue weighted by Crippen LogP contribution is -2.32. The molecule has 0 aromatic rings. The summed E-state index contributed by atoms with van der Waals surface area (Å²) in [5, 5.41) is 20.5. The van der Waals surface area contributed by atoms with Crippen LogP contribution in [0, 0.1) is 17.3 Å². The topological polar surface area (TPSA) is 40.5 Å². The fourth-order valence-electron chi connectivity index (χ4n) is 6.15. The molecule has 2 N–H and O–H groups in total. The molecule has 178 valence electrons. The smallest absolute Gasteiger partial charge is 0.127 e. The van der Waals surface area contributed by atoms with E-state index < -0.39 is 17.9 Å². The van der Waals surface area contributed by atoms with Crippen molar-refractivity contribution in [3.63, 3.8) is 0 Å². The Hall–Kier alpha value is -1.45. The van der Waals surface area contributed by atoms with Crippen LogP contribution in [0.3, 0.4) is 0 Å². The van der Waals surface area contributed by atoms with Crippen molar-refractivity contribution in [1.82, 2.24) is 0 Å². The largest absolute Gasteiger partial charge is 0.393 e. The van der Waals surface area contributed by atoms with Gasteiger partial charge >= 0.3 is 0 Å². The molecule has 0 bridgehead atoms. The van der Waals surface area contributed by atoms with Crippen LogP contribution in [0.2, 0.25) is 0 Å². The number of alkyl halides is 1. The maximum absolute atomic E-state index is 14.1.